The Morgan fingerprint density at radius 1 is 0.724 bits per heavy atom. The van der Waals surface area contributed by atoms with Crippen molar-refractivity contribution >= 4 is 0 Å². The molecule has 1 unspecified atom stereocenters. The van der Waals surface area contributed by atoms with Crippen molar-refractivity contribution in [1.29, 1.82) is 0 Å². The van der Waals surface area contributed by atoms with Crippen LogP contribution in [0.4, 0.5) is 39.5 Å². The Labute approximate surface area is 164 Å². The van der Waals surface area contributed by atoms with Crippen LogP contribution >= 0.6 is 0 Å². The van der Waals surface area contributed by atoms with Crippen LogP contribution in [0.15, 0.2) is 0 Å². The smallest absolute Gasteiger partial charge is 0.381 e. The van der Waals surface area contributed by atoms with Crippen molar-refractivity contribution in [2.45, 2.75) is 94.3 Å². The Balaban J connectivity index is 2.15. The van der Waals surface area contributed by atoms with Crippen LogP contribution in [0.25, 0.3) is 0 Å². The minimum atomic E-state index is -6.80. The van der Waals surface area contributed by atoms with Crippen molar-refractivity contribution in [3.8, 4) is 0 Å². The van der Waals surface area contributed by atoms with E-state index in [1.807, 2.05) is 0 Å². The Kier molecular flexibility index (Phi) is 10.0. The van der Waals surface area contributed by atoms with Crippen LogP contribution in [-0.2, 0) is 9.47 Å². The lowest BCUT2D eigenvalue weighted by molar-refractivity contribution is -0.396. The zero-order valence-electron chi connectivity index (χ0n) is 16.0. The molecule has 0 amide bonds. The number of alkyl halides is 9. The third-order valence-electron chi connectivity index (χ3n) is 4.85. The van der Waals surface area contributed by atoms with Crippen molar-refractivity contribution in [3.05, 3.63) is 0 Å². The van der Waals surface area contributed by atoms with Crippen LogP contribution in [0.3, 0.4) is 0 Å². The summed E-state index contributed by atoms with van der Waals surface area (Å²) in [5.74, 6) is -18.8. The van der Waals surface area contributed by atoms with Gasteiger partial charge in [0.2, 0.25) is 0 Å². The average molecular weight is 446 g/mol. The van der Waals surface area contributed by atoms with Gasteiger partial charge in [0.15, 0.2) is 0 Å². The largest absolute Gasteiger partial charge is 0.460 e. The minimum absolute atomic E-state index is 0.0131. The molecule has 0 aromatic carbocycles. The van der Waals surface area contributed by atoms with E-state index in [4.69, 9.17) is 9.47 Å². The first-order chi connectivity index (χ1) is 13.3. The fourth-order valence-corrected chi connectivity index (χ4v) is 3.00. The summed E-state index contributed by atoms with van der Waals surface area (Å²) >= 11 is 0. The number of unbranched alkanes of at least 4 members (excludes halogenated alkanes) is 4. The van der Waals surface area contributed by atoms with Gasteiger partial charge in [0, 0.05) is 26.2 Å². The maximum Gasteiger partial charge on any atom is 0.460 e. The summed E-state index contributed by atoms with van der Waals surface area (Å²) in [6.07, 6.45) is -3.41. The molecule has 1 atom stereocenters. The molecule has 1 saturated heterocycles. The summed E-state index contributed by atoms with van der Waals surface area (Å²) in [4.78, 5) is 0. The van der Waals surface area contributed by atoms with Gasteiger partial charge in [-0.3, -0.25) is 0 Å². The molecule has 29 heavy (non-hydrogen) atoms. The van der Waals surface area contributed by atoms with Crippen LogP contribution in [0.1, 0.15) is 64.2 Å². The highest BCUT2D eigenvalue weighted by atomic mass is 19.4. The van der Waals surface area contributed by atoms with Crippen molar-refractivity contribution in [3.63, 3.8) is 0 Å². The lowest BCUT2D eigenvalue weighted by Gasteiger charge is -2.33. The number of halogens is 9. The van der Waals surface area contributed by atoms with Gasteiger partial charge in [-0.15, -0.1) is 0 Å². The third-order valence-corrected chi connectivity index (χ3v) is 4.85. The van der Waals surface area contributed by atoms with Crippen LogP contribution in [0.2, 0.25) is 0 Å². The van der Waals surface area contributed by atoms with Gasteiger partial charge in [0.1, 0.15) is 0 Å². The normalized spacial score (nSPS) is 19.6. The molecule has 1 fully saturated rings. The molecule has 0 aromatic rings. The second kappa shape index (κ2) is 11.1. The zero-order valence-corrected chi connectivity index (χ0v) is 16.0. The molecular weight excluding hydrogens is 419 g/mol. The first-order valence-electron chi connectivity index (χ1n) is 9.72. The Hall–Kier alpha value is -0.710. The molecule has 0 spiro atoms. The molecule has 0 aliphatic carbocycles. The van der Waals surface area contributed by atoms with E-state index in [1.54, 1.807) is 0 Å². The van der Waals surface area contributed by atoms with E-state index in [1.165, 1.54) is 0 Å². The summed E-state index contributed by atoms with van der Waals surface area (Å²) in [5, 5.41) is 0. The molecule has 0 radical (unpaired) electrons. The van der Waals surface area contributed by atoms with Gasteiger partial charge in [-0.2, -0.15) is 39.5 Å². The number of hydrogen-bond acceptors (Lipinski definition) is 2. The van der Waals surface area contributed by atoms with E-state index in [9.17, 15) is 39.5 Å². The molecule has 1 aliphatic heterocycles. The van der Waals surface area contributed by atoms with E-state index in [2.05, 4.69) is 0 Å². The second-order valence-corrected chi connectivity index (χ2v) is 7.26. The standard InChI is InChI=1S/C18H27F9O2/c19-15(20,16(21,22)17(23,24)18(25,26)27)10-5-2-1-3-6-11-28-13-9-14-8-4-7-12-29-14/h14H,1-13H2. The molecule has 2 nitrogen and oxygen atoms in total. The van der Waals surface area contributed by atoms with E-state index in [0.717, 1.165) is 32.3 Å². The lowest BCUT2D eigenvalue weighted by Crippen LogP contribution is -2.60. The SMILES string of the molecule is FC(F)(F)C(F)(F)C(F)(F)C(F)(F)CCCCCCCOCCC1CCCCO1. The first-order valence-corrected chi connectivity index (χ1v) is 9.72. The Bertz CT molecular complexity index is 461. The first kappa shape index (κ1) is 26.3. The Morgan fingerprint density at radius 3 is 1.93 bits per heavy atom. The summed E-state index contributed by atoms with van der Waals surface area (Å²) in [7, 11) is 0. The molecule has 0 bridgehead atoms. The monoisotopic (exact) mass is 446 g/mol. The van der Waals surface area contributed by atoms with Crippen molar-refractivity contribution in [2.24, 2.45) is 0 Å². The predicted molar refractivity (Wildman–Crippen MR) is 87.6 cm³/mol. The van der Waals surface area contributed by atoms with Crippen LogP contribution in [0, 0.1) is 0 Å². The van der Waals surface area contributed by atoms with E-state index < -0.39 is 36.8 Å². The van der Waals surface area contributed by atoms with Gasteiger partial charge in [-0.25, -0.2) is 0 Å². The molecule has 0 aromatic heterocycles. The second-order valence-electron chi connectivity index (χ2n) is 7.26. The van der Waals surface area contributed by atoms with Gasteiger partial charge in [-0.1, -0.05) is 19.3 Å². The molecule has 0 saturated carbocycles. The minimum Gasteiger partial charge on any atom is -0.381 e. The molecule has 174 valence electrons. The van der Waals surface area contributed by atoms with E-state index in [0.29, 0.717) is 32.5 Å². The fraction of sp³-hybridized carbons (Fsp3) is 1.00. The van der Waals surface area contributed by atoms with Gasteiger partial charge >= 0.3 is 23.9 Å². The fourth-order valence-electron chi connectivity index (χ4n) is 3.00. The van der Waals surface area contributed by atoms with Crippen LogP contribution in [0.5, 0.6) is 0 Å². The zero-order chi connectivity index (χ0) is 22.2. The predicted octanol–water partition coefficient (Wildman–Crippen LogP) is 6.77. The summed E-state index contributed by atoms with van der Waals surface area (Å²) < 4.78 is 125. The molecular formula is C18H27F9O2. The van der Waals surface area contributed by atoms with Gasteiger partial charge in [0.05, 0.1) is 6.10 Å². The highest BCUT2D eigenvalue weighted by molar-refractivity contribution is 5.00. The van der Waals surface area contributed by atoms with Crippen LogP contribution in [-0.4, -0.2) is 49.9 Å². The Morgan fingerprint density at radius 2 is 1.34 bits per heavy atom. The van der Waals surface area contributed by atoms with Crippen molar-refractivity contribution in [1.82, 2.24) is 0 Å². The molecule has 1 aliphatic rings. The maximum absolute atomic E-state index is 13.3. The maximum atomic E-state index is 13.3. The summed E-state index contributed by atoms with van der Waals surface area (Å²) in [6.45, 7) is 1.71. The van der Waals surface area contributed by atoms with Gasteiger partial charge < -0.3 is 9.47 Å². The molecule has 1 heterocycles. The summed E-state index contributed by atoms with van der Waals surface area (Å²) in [5.41, 5.74) is 0. The highest BCUT2D eigenvalue weighted by Gasteiger charge is 2.81. The van der Waals surface area contributed by atoms with Crippen molar-refractivity contribution < 1.29 is 49.0 Å². The van der Waals surface area contributed by atoms with Crippen LogP contribution < -0.4 is 0 Å². The molecule has 1 rings (SSSR count). The average Bonchev–Trinajstić information content (AvgIpc) is 2.62. The van der Waals surface area contributed by atoms with Gasteiger partial charge in [0.25, 0.3) is 0 Å². The lowest BCUT2D eigenvalue weighted by atomic mass is 9.98. The van der Waals surface area contributed by atoms with E-state index >= 15 is 0 Å². The van der Waals surface area contributed by atoms with Crippen molar-refractivity contribution in [2.75, 3.05) is 19.8 Å². The van der Waals surface area contributed by atoms with Gasteiger partial charge in [-0.05, 0) is 38.5 Å². The van der Waals surface area contributed by atoms with E-state index in [-0.39, 0.29) is 12.5 Å². The number of ether oxygens (including phenoxy) is 2. The third kappa shape index (κ3) is 7.48. The topological polar surface area (TPSA) is 18.5 Å². The number of hydrogen-bond donors (Lipinski definition) is 0. The number of rotatable bonds is 13. The summed E-state index contributed by atoms with van der Waals surface area (Å²) in [6, 6.07) is 0. The molecule has 0 N–H and O–H groups in total. The molecule has 11 heteroatoms. The quantitative estimate of drug-likeness (QED) is 0.230. The highest BCUT2D eigenvalue weighted by Crippen LogP contribution is 2.54.